The van der Waals surface area contributed by atoms with Crippen LogP contribution in [-0.2, 0) is 35.9 Å². The fraction of sp³-hybridized carbons (Fsp3) is 0.154. The topological polar surface area (TPSA) is 57.1 Å². The van der Waals surface area contributed by atoms with Crippen LogP contribution in [0, 0.1) is 24.0 Å². The standard InChI is InChI=1S/C39H31FN3O2.Ir/c1-38(30-16-7-4-8-17-30,31-18-11-19-32(40)28-31)34-21-13-23-36(43-34)39(2,45-27-26-44-37-24-9-10-25-41-37)35-22-12-20-33(42-35)29-14-5-3-6-15-29;/h3-14,16,19-25,28H,26-27H2,1-2H3;/q-3;+3. The number of rotatable bonds is 11. The molecular weight excluding hydrogens is 754 g/mol. The number of nitrogens with zero attached hydrogens (tertiary/aromatic N) is 3. The molecule has 0 saturated carbocycles. The molecule has 2 atom stereocenters. The average molecular weight is 785 g/mol. The maximum atomic E-state index is 14.6. The molecule has 0 spiro atoms. The molecule has 0 bridgehead atoms. The molecule has 0 N–H and O–H groups in total. The van der Waals surface area contributed by atoms with Gasteiger partial charge < -0.3 is 9.47 Å². The molecule has 6 aromatic rings. The third-order valence-electron chi connectivity index (χ3n) is 7.88. The van der Waals surface area contributed by atoms with Gasteiger partial charge in [-0.25, -0.2) is 9.37 Å². The number of aromatic nitrogens is 3. The number of hydrogen-bond donors (Lipinski definition) is 0. The summed E-state index contributed by atoms with van der Waals surface area (Å²) < 4.78 is 27.1. The van der Waals surface area contributed by atoms with Gasteiger partial charge in [0.25, 0.3) is 0 Å². The predicted molar refractivity (Wildman–Crippen MR) is 171 cm³/mol. The number of benzene rings is 3. The van der Waals surface area contributed by atoms with Gasteiger partial charge in [-0.3, -0.25) is 9.97 Å². The fourth-order valence-corrected chi connectivity index (χ4v) is 5.34. The first kappa shape index (κ1) is 32.8. The summed E-state index contributed by atoms with van der Waals surface area (Å²) >= 11 is 0. The molecule has 0 amide bonds. The van der Waals surface area contributed by atoms with Crippen molar-refractivity contribution in [1.29, 1.82) is 0 Å². The van der Waals surface area contributed by atoms with Crippen molar-refractivity contribution in [2.45, 2.75) is 24.9 Å². The van der Waals surface area contributed by atoms with Gasteiger partial charge in [-0.05, 0) is 43.8 Å². The fourth-order valence-electron chi connectivity index (χ4n) is 5.34. The van der Waals surface area contributed by atoms with E-state index in [1.54, 1.807) is 18.3 Å². The van der Waals surface area contributed by atoms with Crippen LogP contribution in [0.4, 0.5) is 4.39 Å². The number of ether oxygens (including phenoxy) is 2. The van der Waals surface area contributed by atoms with Gasteiger partial charge in [-0.1, -0.05) is 24.3 Å². The first-order valence-corrected chi connectivity index (χ1v) is 14.7. The minimum atomic E-state index is -1.08. The summed E-state index contributed by atoms with van der Waals surface area (Å²) in [5.74, 6) is 0.172. The minimum absolute atomic E-state index is 0. The quantitative estimate of drug-likeness (QED) is 0.0993. The van der Waals surface area contributed by atoms with Gasteiger partial charge in [0.1, 0.15) is 12.2 Å². The first-order chi connectivity index (χ1) is 22.0. The summed E-state index contributed by atoms with van der Waals surface area (Å²) in [6.07, 6.45) is 1.68. The van der Waals surface area contributed by atoms with Crippen LogP contribution >= 0.6 is 0 Å². The number of hydrogen-bond acceptors (Lipinski definition) is 5. The maximum absolute atomic E-state index is 14.6. The maximum Gasteiger partial charge on any atom is 3.00 e. The van der Waals surface area contributed by atoms with Gasteiger partial charge >= 0.3 is 20.1 Å². The molecule has 0 fully saturated rings. The normalized spacial score (nSPS) is 13.5. The third-order valence-corrected chi connectivity index (χ3v) is 7.88. The van der Waals surface area contributed by atoms with E-state index in [0.717, 1.165) is 16.8 Å². The van der Waals surface area contributed by atoms with E-state index in [0.29, 0.717) is 28.5 Å². The molecule has 6 rings (SSSR count). The van der Waals surface area contributed by atoms with Crippen molar-refractivity contribution >= 4 is 0 Å². The van der Waals surface area contributed by atoms with E-state index >= 15 is 0 Å². The molecule has 0 aliphatic heterocycles. The molecule has 0 aliphatic carbocycles. The Morgan fingerprint density at radius 2 is 1.39 bits per heavy atom. The van der Waals surface area contributed by atoms with Crippen LogP contribution in [0.2, 0.25) is 0 Å². The molecule has 230 valence electrons. The van der Waals surface area contributed by atoms with Crippen LogP contribution < -0.4 is 4.74 Å². The summed E-state index contributed by atoms with van der Waals surface area (Å²) in [5.41, 5.74) is 3.17. The molecule has 5 nitrogen and oxygen atoms in total. The second-order valence-corrected chi connectivity index (χ2v) is 10.8. The zero-order chi connectivity index (χ0) is 31.1. The second kappa shape index (κ2) is 14.7. The van der Waals surface area contributed by atoms with E-state index in [1.807, 2.05) is 111 Å². The van der Waals surface area contributed by atoms with Crippen LogP contribution in [0.1, 0.15) is 42.1 Å². The van der Waals surface area contributed by atoms with Gasteiger partial charge in [-0.15, -0.1) is 59.2 Å². The smallest absolute Gasteiger partial charge is 0.475 e. The van der Waals surface area contributed by atoms with E-state index in [2.05, 4.69) is 23.2 Å². The van der Waals surface area contributed by atoms with Crippen molar-refractivity contribution in [2.75, 3.05) is 13.2 Å². The summed E-state index contributed by atoms with van der Waals surface area (Å²) in [7, 11) is 0. The zero-order valence-electron chi connectivity index (χ0n) is 25.4. The van der Waals surface area contributed by atoms with Crippen molar-refractivity contribution in [3.8, 4) is 17.1 Å². The minimum Gasteiger partial charge on any atom is -0.475 e. The van der Waals surface area contributed by atoms with E-state index in [1.165, 1.54) is 12.1 Å². The molecular formula is C39H31FIrN3O2. The molecule has 7 heteroatoms. The van der Waals surface area contributed by atoms with E-state index in [-0.39, 0.29) is 39.1 Å². The summed E-state index contributed by atoms with van der Waals surface area (Å²) in [5, 5.41) is 0. The molecule has 2 unspecified atom stereocenters. The summed E-state index contributed by atoms with van der Waals surface area (Å²) in [6, 6.07) is 46.9. The Kier molecular flexibility index (Phi) is 10.5. The van der Waals surface area contributed by atoms with Crippen molar-refractivity contribution in [3.63, 3.8) is 0 Å². The van der Waals surface area contributed by atoms with Gasteiger partial charge in [0, 0.05) is 23.5 Å². The summed E-state index contributed by atoms with van der Waals surface area (Å²) in [4.78, 5) is 14.5. The Labute approximate surface area is 282 Å². The van der Waals surface area contributed by atoms with Crippen molar-refractivity contribution in [1.82, 2.24) is 15.0 Å². The predicted octanol–water partition coefficient (Wildman–Crippen LogP) is 7.79. The molecule has 0 saturated heterocycles. The van der Waals surface area contributed by atoms with E-state index < -0.39 is 11.0 Å². The number of halogens is 1. The van der Waals surface area contributed by atoms with Crippen LogP contribution in [0.25, 0.3) is 11.3 Å². The first-order valence-electron chi connectivity index (χ1n) is 14.7. The molecule has 0 radical (unpaired) electrons. The average Bonchev–Trinajstić information content (AvgIpc) is 3.11. The second-order valence-electron chi connectivity index (χ2n) is 10.8. The Bertz CT molecular complexity index is 1860. The Hall–Kier alpha value is -4.55. The van der Waals surface area contributed by atoms with E-state index in [9.17, 15) is 4.39 Å². The summed E-state index contributed by atoms with van der Waals surface area (Å²) in [6.45, 7) is 4.48. The zero-order valence-corrected chi connectivity index (χ0v) is 27.8. The van der Waals surface area contributed by atoms with E-state index in [4.69, 9.17) is 19.4 Å². The molecule has 3 heterocycles. The third kappa shape index (κ3) is 6.97. The molecule has 0 aliphatic rings. The molecule has 3 aromatic heterocycles. The van der Waals surface area contributed by atoms with Gasteiger partial charge in [-0.2, -0.15) is 42.5 Å². The van der Waals surface area contributed by atoms with Gasteiger partial charge in [0.15, 0.2) is 0 Å². The Balaban J connectivity index is 0.00000417. The SMILES string of the molecule is CC(OCCOc1ccccn1)(c1cccc(-c2[c-]cccc2)n1)c1cccc(C(C)(c2[c-]cccc2)c2[c-]ccc(F)c2)n1.[Ir+3]. The van der Waals surface area contributed by atoms with Crippen molar-refractivity contribution < 1.29 is 34.0 Å². The van der Waals surface area contributed by atoms with Crippen LogP contribution in [0.5, 0.6) is 5.88 Å². The van der Waals surface area contributed by atoms with Crippen molar-refractivity contribution in [2.24, 2.45) is 0 Å². The van der Waals surface area contributed by atoms with Gasteiger partial charge in [0.2, 0.25) is 5.88 Å². The van der Waals surface area contributed by atoms with Crippen LogP contribution in [0.15, 0.2) is 128 Å². The largest absolute Gasteiger partial charge is 3.00 e. The monoisotopic (exact) mass is 785 g/mol. The Morgan fingerprint density at radius 3 is 2.11 bits per heavy atom. The van der Waals surface area contributed by atoms with Crippen molar-refractivity contribution in [3.05, 3.63) is 180 Å². The Morgan fingerprint density at radius 1 is 0.674 bits per heavy atom. The van der Waals surface area contributed by atoms with Crippen LogP contribution in [0.3, 0.4) is 0 Å². The molecule has 3 aromatic carbocycles. The van der Waals surface area contributed by atoms with Crippen LogP contribution in [-0.4, -0.2) is 28.2 Å². The molecule has 46 heavy (non-hydrogen) atoms. The van der Waals surface area contributed by atoms with Gasteiger partial charge in [0.05, 0.1) is 23.7 Å². The number of pyridine rings is 3.